The second kappa shape index (κ2) is 10.5. The number of hydrogen-bond donors (Lipinski definition) is 0. The average Bonchev–Trinajstić information content (AvgIpc) is 2.46. The molecule has 0 aliphatic heterocycles. The van der Waals surface area contributed by atoms with E-state index in [1.165, 1.54) is 5.56 Å². The molecule has 2 rings (SSSR count). The van der Waals surface area contributed by atoms with Crippen molar-refractivity contribution in [2.75, 3.05) is 0 Å². The molecule has 1 aromatic heterocycles. The van der Waals surface area contributed by atoms with E-state index in [4.69, 9.17) is 4.74 Å². The van der Waals surface area contributed by atoms with Gasteiger partial charge in [-0.2, -0.15) is 5.10 Å². The van der Waals surface area contributed by atoms with Gasteiger partial charge in [-0.3, -0.25) is 0 Å². The number of aryl methyl sites for hydroxylation is 1. The Morgan fingerprint density at radius 3 is 2.21 bits per heavy atom. The van der Waals surface area contributed by atoms with E-state index in [0.29, 0.717) is 5.88 Å². The smallest absolute Gasteiger partial charge is 0.238 e. The molecule has 0 atom stereocenters. The standard InChI is InChI=1S/C11H10N2O.C3H3.C2H4/c1-9-4-6-10(7-5-9)14-11-3-2-8-12-13-11;1-3-2;1-2/h2-8H,1H3;1H,2H2;1-2H2. The monoisotopic (exact) mass is 253 g/mol. The SMILES string of the molecule is C=C.Cc1ccc(Oc2cccnn2)cc1.[CH]=C=C. The zero-order valence-corrected chi connectivity index (χ0v) is 11.0. The van der Waals surface area contributed by atoms with E-state index in [1.807, 2.05) is 36.9 Å². The Labute approximate surface area is 114 Å². The van der Waals surface area contributed by atoms with Crippen LogP contribution in [0.1, 0.15) is 5.56 Å². The third-order valence-corrected chi connectivity index (χ3v) is 1.79. The first kappa shape index (κ1) is 16.4. The Kier molecular flexibility index (Phi) is 9.05. The fourth-order valence-corrected chi connectivity index (χ4v) is 1.07. The van der Waals surface area contributed by atoms with Crippen LogP contribution in [-0.4, -0.2) is 10.2 Å². The van der Waals surface area contributed by atoms with Crippen LogP contribution < -0.4 is 4.74 Å². The molecule has 0 saturated heterocycles. The van der Waals surface area contributed by atoms with Crippen LogP contribution in [0, 0.1) is 13.5 Å². The molecule has 1 heterocycles. The molecule has 3 nitrogen and oxygen atoms in total. The van der Waals surface area contributed by atoms with Gasteiger partial charge in [-0.05, 0) is 31.7 Å². The summed E-state index contributed by atoms with van der Waals surface area (Å²) < 4.78 is 5.46. The van der Waals surface area contributed by atoms with Crippen molar-refractivity contribution in [2.45, 2.75) is 6.92 Å². The van der Waals surface area contributed by atoms with Crippen LogP contribution in [0.5, 0.6) is 11.6 Å². The third kappa shape index (κ3) is 7.31. The van der Waals surface area contributed by atoms with Crippen molar-refractivity contribution in [1.82, 2.24) is 10.2 Å². The fraction of sp³-hybridized carbons (Fsp3) is 0.0625. The molecule has 0 aliphatic carbocycles. The Hall–Kier alpha value is -2.64. The maximum absolute atomic E-state index is 5.46. The van der Waals surface area contributed by atoms with E-state index in [1.54, 1.807) is 18.3 Å². The molecule has 0 fully saturated rings. The van der Waals surface area contributed by atoms with Gasteiger partial charge in [0.05, 0.1) is 0 Å². The first-order valence-corrected chi connectivity index (χ1v) is 5.51. The molecule has 97 valence electrons. The first-order chi connectivity index (χ1) is 9.26. The first-order valence-electron chi connectivity index (χ1n) is 5.51. The largest absolute Gasteiger partial charge is 0.438 e. The van der Waals surface area contributed by atoms with E-state index >= 15 is 0 Å². The van der Waals surface area contributed by atoms with Gasteiger partial charge >= 0.3 is 0 Å². The summed E-state index contributed by atoms with van der Waals surface area (Å²) in [7, 11) is 0. The van der Waals surface area contributed by atoms with Crippen molar-refractivity contribution in [3.8, 4) is 11.6 Å². The number of nitrogens with zero attached hydrogens (tertiary/aromatic N) is 2. The molecule has 0 saturated carbocycles. The predicted molar refractivity (Wildman–Crippen MR) is 78.0 cm³/mol. The molecular formula is C16H17N2O. The van der Waals surface area contributed by atoms with Crippen LogP contribution in [-0.2, 0) is 0 Å². The van der Waals surface area contributed by atoms with Gasteiger partial charge in [0.15, 0.2) is 0 Å². The van der Waals surface area contributed by atoms with Crippen molar-refractivity contribution >= 4 is 0 Å². The van der Waals surface area contributed by atoms with Gasteiger partial charge in [-0.25, -0.2) is 0 Å². The quantitative estimate of drug-likeness (QED) is 0.596. The predicted octanol–water partition coefficient (Wildman–Crippen LogP) is 4.14. The van der Waals surface area contributed by atoms with Crippen LogP contribution in [0.3, 0.4) is 0 Å². The van der Waals surface area contributed by atoms with Gasteiger partial charge in [0.2, 0.25) is 5.88 Å². The molecule has 1 aromatic carbocycles. The number of hydrogen-bond acceptors (Lipinski definition) is 3. The zero-order chi connectivity index (χ0) is 14.5. The lowest BCUT2D eigenvalue weighted by Crippen LogP contribution is -1.88. The van der Waals surface area contributed by atoms with Crippen molar-refractivity contribution in [3.63, 3.8) is 0 Å². The van der Waals surface area contributed by atoms with Gasteiger partial charge < -0.3 is 4.74 Å². The summed E-state index contributed by atoms with van der Waals surface area (Å²) >= 11 is 0. The van der Waals surface area contributed by atoms with E-state index in [9.17, 15) is 0 Å². The molecule has 19 heavy (non-hydrogen) atoms. The summed E-state index contributed by atoms with van der Waals surface area (Å²) in [6, 6.07) is 11.4. The van der Waals surface area contributed by atoms with Crippen molar-refractivity contribution < 1.29 is 4.74 Å². The lowest BCUT2D eigenvalue weighted by molar-refractivity contribution is 0.455. The van der Waals surface area contributed by atoms with Gasteiger partial charge in [-0.15, -0.1) is 24.0 Å². The van der Waals surface area contributed by atoms with Crippen LogP contribution in [0.25, 0.3) is 0 Å². The summed E-state index contributed by atoms with van der Waals surface area (Å²) in [5.74, 6) is 1.28. The molecule has 0 N–H and O–H groups in total. The number of benzene rings is 1. The number of aromatic nitrogens is 2. The highest BCUT2D eigenvalue weighted by Crippen LogP contribution is 2.18. The second-order valence-electron chi connectivity index (χ2n) is 3.18. The second-order valence-corrected chi connectivity index (χ2v) is 3.18. The van der Waals surface area contributed by atoms with Gasteiger partial charge in [0.25, 0.3) is 0 Å². The highest BCUT2D eigenvalue weighted by atomic mass is 16.5. The van der Waals surface area contributed by atoms with Crippen LogP contribution >= 0.6 is 0 Å². The van der Waals surface area contributed by atoms with Crippen molar-refractivity contribution in [1.29, 1.82) is 0 Å². The fourth-order valence-electron chi connectivity index (χ4n) is 1.07. The Morgan fingerprint density at radius 1 is 1.16 bits per heavy atom. The lowest BCUT2D eigenvalue weighted by atomic mass is 10.2. The van der Waals surface area contributed by atoms with Crippen LogP contribution in [0.4, 0.5) is 0 Å². The molecular weight excluding hydrogens is 236 g/mol. The Bertz CT molecular complexity index is 486. The lowest BCUT2D eigenvalue weighted by Gasteiger charge is -2.02. The van der Waals surface area contributed by atoms with Gasteiger partial charge in [0.1, 0.15) is 5.75 Å². The summed E-state index contributed by atoms with van der Waals surface area (Å²) in [5.41, 5.74) is 3.21. The Morgan fingerprint density at radius 2 is 1.74 bits per heavy atom. The minimum absolute atomic E-state index is 0.511. The Balaban J connectivity index is 0.000000573. The van der Waals surface area contributed by atoms with Gasteiger partial charge in [0, 0.05) is 12.3 Å². The summed E-state index contributed by atoms with van der Waals surface area (Å²) in [5, 5.41) is 7.55. The molecule has 0 spiro atoms. The minimum Gasteiger partial charge on any atom is -0.438 e. The molecule has 0 amide bonds. The van der Waals surface area contributed by atoms with Crippen molar-refractivity contribution in [3.05, 3.63) is 80.2 Å². The van der Waals surface area contributed by atoms with E-state index in [0.717, 1.165) is 5.75 Å². The molecule has 0 bridgehead atoms. The summed E-state index contributed by atoms with van der Waals surface area (Å²) in [6.07, 6.45) is 1.61. The average molecular weight is 253 g/mol. The normalized spacial score (nSPS) is 7.84. The van der Waals surface area contributed by atoms with Crippen LogP contribution in [0.2, 0.25) is 0 Å². The van der Waals surface area contributed by atoms with E-state index < -0.39 is 0 Å². The van der Waals surface area contributed by atoms with Crippen molar-refractivity contribution in [2.24, 2.45) is 0 Å². The number of rotatable bonds is 2. The molecule has 2 aromatic rings. The molecule has 3 heteroatoms. The molecule has 0 unspecified atom stereocenters. The summed E-state index contributed by atoms with van der Waals surface area (Å²) in [6.45, 7) is 15.5. The highest BCUT2D eigenvalue weighted by molar-refractivity contribution is 5.29. The zero-order valence-electron chi connectivity index (χ0n) is 11.0. The highest BCUT2D eigenvalue weighted by Gasteiger charge is 1.96. The maximum Gasteiger partial charge on any atom is 0.238 e. The van der Waals surface area contributed by atoms with Crippen LogP contribution in [0.15, 0.2) is 68.1 Å². The topological polar surface area (TPSA) is 35.0 Å². The van der Waals surface area contributed by atoms with E-state index in [-0.39, 0.29) is 0 Å². The van der Waals surface area contributed by atoms with Gasteiger partial charge in [-0.1, -0.05) is 24.3 Å². The van der Waals surface area contributed by atoms with E-state index in [2.05, 4.69) is 36.5 Å². The molecule has 0 aliphatic rings. The third-order valence-electron chi connectivity index (χ3n) is 1.79. The maximum atomic E-state index is 5.46. The summed E-state index contributed by atoms with van der Waals surface area (Å²) in [4.78, 5) is 0. The number of ether oxygens (including phenoxy) is 1. The molecule has 1 radical (unpaired) electrons. The minimum atomic E-state index is 0.511.